The number of aromatic nitrogens is 4. The van der Waals surface area contributed by atoms with Crippen LogP contribution in [0.2, 0.25) is 0 Å². The Morgan fingerprint density at radius 3 is 2.59 bits per heavy atom. The van der Waals surface area contributed by atoms with E-state index < -0.39 is 0 Å². The second-order valence-electron chi connectivity index (χ2n) is 5.98. The van der Waals surface area contributed by atoms with Crippen LogP contribution in [0.3, 0.4) is 0 Å². The first-order valence-electron chi connectivity index (χ1n) is 8.74. The Balaban J connectivity index is 1.54. The third-order valence-corrected chi connectivity index (χ3v) is 4.09. The number of aromatic amines is 1. The summed E-state index contributed by atoms with van der Waals surface area (Å²) in [6, 6.07) is 18.9. The molecular weight excluding hydrogens is 342 g/mol. The van der Waals surface area contributed by atoms with E-state index in [2.05, 4.69) is 20.4 Å². The van der Waals surface area contributed by atoms with E-state index in [1.807, 2.05) is 61.5 Å². The van der Waals surface area contributed by atoms with Gasteiger partial charge in [-0.2, -0.15) is 9.50 Å². The number of nitrogens with zero attached hydrogens (tertiary/aromatic N) is 3. The van der Waals surface area contributed by atoms with Crippen LogP contribution in [0.4, 0.5) is 5.95 Å². The maximum absolute atomic E-state index is 12.4. The highest BCUT2D eigenvalue weighted by atomic mass is 16.5. The van der Waals surface area contributed by atoms with Crippen LogP contribution in [0.15, 0.2) is 65.5 Å². The molecule has 0 fully saturated rings. The van der Waals surface area contributed by atoms with E-state index in [-0.39, 0.29) is 5.56 Å². The van der Waals surface area contributed by atoms with Crippen LogP contribution >= 0.6 is 0 Å². The highest BCUT2D eigenvalue weighted by molar-refractivity contribution is 5.60. The van der Waals surface area contributed by atoms with Gasteiger partial charge in [0.2, 0.25) is 5.95 Å². The molecule has 0 saturated heterocycles. The van der Waals surface area contributed by atoms with Gasteiger partial charge in [0, 0.05) is 18.2 Å². The molecule has 0 saturated carbocycles. The van der Waals surface area contributed by atoms with E-state index in [9.17, 15) is 4.79 Å². The van der Waals surface area contributed by atoms with Crippen molar-refractivity contribution in [1.29, 1.82) is 0 Å². The molecule has 0 aliphatic heterocycles. The number of fused-ring (bicyclic) bond motifs is 1. The smallest absolute Gasteiger partial charge is 0.274 e. The van der Waals surface area contributed by atoms with Gasteiger partial charge in [-0.25, -0.2) is 4.98 Å². The zero-order valence-corrected chi connectivity index (χ0v) is 14.8. The fourth-order valence-corrected chi connectivity index (χ4v) is 2.77. The first-order valence-corrected chi connectivity index (χ1v) is 8.74. The SMILES string of the molecule is CCOc1ccc(CNc2nc3nc(-c4ccccc4)cc(=O)n3[nH]2)cc1. The zero-order chi connectivity index (χ0) is 18.6. The molecule has 7 heteroatoms. The van der Waals surface area contributed by atoms with Crippen molar-refractivity contribution in [2.75, 3.05) is 11.9 Å². The predicted molar refractivity (Wildman–Crippen MR) is 104 cm³/mol. The Bertz CT molecular complexity index is 1100. The van der Waals surface area contributed by atoms with Gasteiger partial charge in [-0.3, -0.25) is 9.89 Å². The fourth-order valence-electron chi connectivity index (χ4n) is 2.77. The zero-order valence-electron chi connectivity index (χ0n) is 14.8. The van der Waals surface area contributed by atoms with Crippen molar-refractivity contribution in [2.24, 2.45) is 0 Å². The van der Waals surface area contributed by atoms with E-state index >= 15 is 0 Å². The highest BCUT2D eigenvalue weighted by Crippen LogP contribution is 2.16. The summed E-state index contributed by atoms with van der Waals surface area (Å²) in [7, 11) is 0. The Morgan fingerprint density at radius 2 is 1.85 bits per heavy atom. The predicted octanol–water partition coefficient (Wildman–Crippen LogP) is 3.10. The first-order chi connectivity index (χ1) is 13.2. The molecular formula is C20H19N5O2. The summed E-state index contributed by atoms with van der Waals surface area (Å²) in [6.07, 6.45) is 0. The van der Waals surface area contributed by atoms with Gasteiger partial charge in [0.1, 0.15) is 5.75 Å². The average molecular weight is 361 g/mol. The lowest BCUT2D eigenvalue weighted by atomic mass is 10.1. The number of hydrogen-bond donors (Lipinski definition) is 2. The van der Waals surface area contributed by atoms with Crippen LogP contribution in [0.25, 0.3) is 17.0 Å². The van der Waals surface area contributed by atoms with Crippen LogP contribution in [0, 0.1) is 0 Å². The minimum atomic E-state index is -0.208. The molecule has 0 atom stereocenters. The number of ether oxygens (including phenoxy) is 1. The third kappa shape index (κ3) is 3.67. The maximum Gasteiger partial charge on any atom is 0.274 e. The number of nitrogens with one attached hydrogen (secondary N) is 2. The number of anilines is 1. The van der Waals surface area contributed by atoms with Gasteiger partial charge in [0.15, 0.2) is 0 Å². The van der Waals surface area contributed by atoms with Crippen LogP contribution in [-0.4, -0.2) is 26.2 Å². The monoisotopic (exact) mass is 361 g/mol. The van der Waals surface area contributed by atoms with Crippen molar-refractivity contribution >= 4 is 11.7 Å². The summed E-state index contributed by atoms with van der Waals surface area (Å²) in [4.78, 5) is 21.2. The van der Waals surface area contributed by atoms with Crippen molar-refractivity contribution in [2.45, 2.75) is 13.5 Å². The molecule has 0 radical (unpaired) electrons. The van der Waals surface area contributed by atoms with Crippen LogP contribution < -0.4 is 15.6 Å². The number of benzene rings is 2. The molecule has 0 aliphatic rings. The molecule has 2 heterocycles. The Labute approximate surface area is 155 Å². The molecule has 7 nitrogen and oxygen atoms in total. The fraction of sp³-hybridized carbons (Fsp3) is 0.150. The van der Waals surface area contributed by atoms with Crippen molar-refractivity contribution < 1.29 is 4.74 Å². The van der Waals surface area contributed by atoms with Crippen molar-refractivity contribution in [3.05, 3.63) is 76.6 Å². The summed E-state index contributed by atoms with van der Waals surface area (Å²) >= 11 is 0. The number of rotatable bonds is 6. The van der Waals surface area contributed by atoms with Gasteiger partial charge in [0.25, 0.3) is 11.3 Å². The molecule has 0 bridgehead atoms. The normalized spacial score (nSPS) is 10.9. The van der Waals surface area contributed by atoms with Crippen LogP contribution in [0.5, 0.6) is 5.75 Å². The lowest BCUT2D eigenvalue weighted by Gasteiger charge is -2.05. The standard InChI is InChI=1S/C20H19N5O2/c1-2-27-16-10-8-14(9-11-16)13-21-19-23-20-22-17(12-18(26)25(20)24-19)15-6-4-3-5-7-15/h3-12H,2,13H2,1H3,(H2,21,22,23,24). The second-order valence-corrected chi connectivity index (χ2v) is 5.98. The molecule has 27 heavy (non-hydrogen) atoms. The lowest BCUT2D eigenvalue weighted by molar-refractivity contribution is 0.340. The van der Waals surface area contributed by atoms with Gasteiger partial charge in [-0.05, 0) is 24.6 Å². The molecule has 0 amide bonds. The molecule has 4 rings (SSSR count). The summed E-state index contributed by atoms with van der Waals surface area (Å²) in [5, 5.41) is 6.12. The van der Waals surface area contributed by atoms with E-state index in [0.717, 1.165) is 16.9 Å². The van der Waals surface area contributed by atoms with E-state index in [0.29, 0.717) is 30.6 Å². The minimum Gasteiger partial charge on any atom is -0.494 e. The average Bonchev–Trinajstić information content (AvgIpc) is 3.12. The summed E-state index contributed by atoms with van der Waals surface area (Å²) in [6.45, 7) is 3.16. The molecule has 2 aromatic heterocycles. The Morgan fingerprint density at radius 1 is 1.07 bits per heavy atom. The summed E-state index contributed by atoms with van der Waals surface area (Å²) < 4.78 is 6.77. The second kappa shape index (κ2) is 7.33. The molecule has 136 valence electrons. The molecule has 0 unspecified atom stereocenters. The van der Waals surface area contributed by atoms with Crippen molar-refractivity contribution in [1.82, 2.24) is 19.6 Å². The molecule has 0 aliphatic carbocycles. The lowest BCUT2D eigenvalue weighted by Crippen LogP contribution is -2.14. The van der Waals surface area contributed by atoms with E-state index in [1.54, 1.807) is 0 Å². The van der Waals surface area contributed by atoms with Gasteiger partial charge in [0.05, 0.1) is 12.3 Å². The molecule has 0 spiro atoms. The van der Waals surface area contributed by atoms with Gasteiger partial charge < -0.3 is 10.1 Å². The van der Waals surface area contributed by atoms with Crippen LogP contribution in [0.1, 0.15) is 12.5 Å². The van der Waals surface area contributed by atoms with E-state index in [1.165, 1.54) is 10.6 Å². The molecule has 4 aromatic rings. The molecule has 2 aromatic carbocycles. The van der Waals surface area contributed by atoms with E-state index in [4.69, 9.17) is 4.74 Å². The molecule has 2 N–H and O–H groups in total. The third-order valence-electron chi connectivity index (χ3n) is 4.09. The summed E-state index contributed by atoms with van der Waals surface area (Å²) in [5.41, 5.74) is 2.35. The van der Waals surface area contributed by atoms with Gasteiger partial charge in [-0.1, -0.05) is 42.5 Å². The minimum absolute atomic E-state index is 0.208. The van der Waals surface area contributed by atoms with Gasteiger partial charge >= 0.3 is 0 Å². The topological polar surface area (TPSA) is 84.3 Å². The van der Waals surface area contributed by atoms with Crippen molar-refractivity contribution in [3.63, 3.8) is 0 Å². The number of hydrogen-bond acceptors (Lipinski definition) is 5. The Kier molecular flexibility index (Phi) is 4.57. The first kappa shape index (κ1) is 16.8. The Hall–Kier alpha value is -3.61. The number of H-pyrrole nitrogens is 1. The largest absolute Gasteiger partial charge is 0.494 e. The van der Waals surface area contributed by atoms with Crippen molar-refractivity contribution in [3.8, 4) is 17.0 Å². The summed E-state index contributed by atoms with van der Waals surface area (Å²) in [5.74, 6) is 1.66. The quantitative estimate of drug-likeness (QED) is 0.551. The highest BCUT2D eigenvalue weighted by Gasteiger charge is 2.09. The van der Waals surface area contributed by atoms with Gasteiger partial charge in [-0.15, -0.1) is 0 Å². The van der Waals surface area contributed by atoms with Crippen LogP contribution in [-0.2, 0) is 6.54 Å². The maximum atomic E-state index is 12.4.